The number of aryl methyl sites for hydroxylation is 1. The zero-order valence-electron chi connectivity index (χ0n) is 16.7. The Bertz CT molecular complexity index is 1340. The highest BCUT2D eigenvalue weighted by Crippen LogP contribution is 2.34. The molecule has 5 rings (SSSR count). The predicted molar refractivity (Wildman–Crippen MR) is 119 cm³/mol. The molecule has 3 aromatic heterocycles. The van der Waals surface area contributed by atoms with Gasteiger partial charge in [0.25, 0.3) is 5.56 Å². The maximum atomic E-state index is 12.9. The number of benzene rings is 1. The summed E-state index contributed by atoms with van der Waals surface area (Å²) in [6.45, 7) is 2.85. The lowest BCUT2D eigenvalue weighted by Crippen LogP contribution is -2.22. The number of carbonyl (C=O) groups excluding carboxylic acids is 1. The second-order valence-corrected chi connectivity index (χ2v) is 8.83. The predicted octanol–water partition coefficient (Wildman–Crippen LogP) is 3.37. The van der Waals surface area contributed by atoms with Crippen molar-refractivity contribution in [2.24, 2.45) is 0 Å². The van der Waals surface area contributed by atoms with E-state index < -0.39 is 0 Å². The number of nitrogens with zero attached hydrogens (tertiary/aromatic N) is 4. The van der Waals surface area contributed by atoms with Gasteiger partial charge in [-0.05, 0) is 30.0 Å². The number of fused-ring (bicyclic) bond motifs is 4. The van der Waals surface area contributed by atoms with E-state index >= 15 is 0 Å². The molecule has 1 aliphatic rings. The molecule has 1 aromatic carbocycles. The standard InChI is InChI=1S/C20H19N5O4S2/c1-2-3-7-24-18(27)17-13(6-8-30-17)25-19(24)22-23-20(25)31-10-16(26)21-12-4-5-14-15(9-12)29-11-28-14/h4-6,8-9H,2-3,7,10-11H2,1H3,(H,21,26). The number of anilines is 1. The van der Waals surface area contributed by atoms with Crippen molar-refractivity contribution in [2.45, 2.75) is 31.5 Å². The monoisotopic (exact) mass is 457 g/mol. The van der Waals surface area contributed by atoms with E-state index in [1.807, 2.05) is 15.8 Å². The van der Waals surface area contributed by atoms with Gasteiger partial charge in [0.1, 0.15) is 4.70 Å². The van der Waals surface area contributed by atoms with Crippen molar-refractivity contribution in [3.05, 3.63) is 40.0 Å². The van der Waals surface area contributed by atoms with Crippen LogP contribution >= 0.6 is 23.1 Å². The van der Waals surface area contributed by atoms with Crippen LogP contribution in [0.25, 0.3) is 16.0 Å². The molecule has 4 aromatic rings. The van der Waals surface area contributed by atoms with Crippen LogP contribution < -0.4 is 20.3 Å². The zero-order valence-corrected chi connectivity index (χ0v) is 18.3. The largest absolute Gasteiger partial charge is 0.454 e. The Morgan fingerprint density at radius 3 is 3.00 bits per heavy atom. The van der Waals surface area contributed by atoms with Crippen molar-refractivity contribution in [1.82, 2.24) is 19.2 Å². The Labute approximate surface area is 185 Å². The van der Waals surface area contributed by atoms with Crippen molar-refractivity contribution in [2.75, 3.05) is 17.9 Å². The lowest BCUT2D eigenvalue weighted by Gasteiger charge is -2.09. The zero-order chi connectivity index (χ0) is 21.4. The molecule has 0 bridgehead atoms. The average Bonchev–Trinajstić information content (AvgIpc) is 3.50. The van der Waals surface area contributed by atoms with Crippen LogP contribution in [0, 0.1) is 0 Å². The molecule has 0 aliphatic carbocycles. The van der Waals surface area contributed by atoms with Crippen LogP contribution in [0.2, 0.25) is 0 Å². The number of hydrogen-bond donors (Lipinski definition) is 1. The fourth-order valence-corrected chi connectivity index (χ4v) is 4.98. The van der Waals surface area contributed by atoms with Crippen LogP contribution in [0.15, 0.2) is 39.6 Å². The summed E-state index contributed by atoms with van der Waals surface area (Å²) in [6.07, 6.45) is 1.84. The smallest absolute Gasteiger partial charge is 0.272 e. The van der Waals surface area contributed by atoms with Crippen LogP contribution in [-0.4, -0.2) is 37.6 Å². The molecule has 1 amide bonds. The highest BCUT2D eigenvalue weighted by molar-refractivity contribution is 7.99. The van der Waals surface area contributed by atoms with Crippen molar-refractivity contribution in [3.8, 4) is 11.5 Å². The number of thiophene rings is 1. The van der Waals surface area contributed by atoms with Gasteiger partial charge in [-0.2, -0.15) is 0 Å². The Kier molecular flexibility index (Phi) is 5.28. The van der Waals surface area contributed by atoms with Crippen molar-refractivity contribution in [3.63, 3.8) is 0 Å². The highest BCUT2D eigenvalue weighted by atomic mass is 32.2. The van der Waals surface area contributed by atoms with E-state index in [1.54, 1.807) is 22.8 Å². The van der Waals surface area contributed by atoms with Crippen molar-refractivity contribution < 1.29 is 14.3 Å². The molecular weight excluding hydrogens is 438 g/mol. The molecule has 0 fully saturated rings. The summed E-state index contributed by atoms with van der Waals surface area (Å²) in [5, 5.41) is 13.8. The Morgan fingerprint density at radius 2 is 2.13 bits per heavy atom. The molecule has 0 atom stereocenters. The molecule has 0 unspecified atom stereocenters. The second kappa shape index (κ2) is 8.23. The first-order valence-corrected chi connectivity index (χ1v) is 11.7. The summed E-state index contributed by atoms with van der Waals surface area (Å²) >= 11 is 2.68. The van der Waals surface area contributed by atoms with Crippen molar-refractivity contribution in [1.29, 1.82) is 0 Å². The first-order valence-electron chi connectivity index (χ1n) is 9.83. The summed E-state index contributed by atoms with van der Waals surface area (Å²) in [5.41, 5.74) is 1.35. The quantitative estimate of drug-likeness (QED) is 0.425. The van der Waals surface area contributed by atoms with Gasteiger partial charge in [-0.3, -0.25) is 18.6 Å². The minimum atomic E-state index is -0.179. The van der Waals surface area contributed by atoms with Gasteiger partial charge in [0.2, 0.25) is 18.5 Å². The fraction of sp³-hybridized carbons (Fsp3) is 0.300. The summed E-state index contributed by atoms with van der Waals surface area (Å²) in [6, 6.07) is 7.15. The average molecular weight is 458 g/mol. The van der Waals surface area contributed by atoms with Gasteiger partial charge in [-0.1, -0.05) is 25.1 Å². The maximum Gasteiger partial charge on any atom is 0.272 e. The molecule has 31 heavy (non-hydrogen) atoms. The molecule has 0 saturated carbocycles. The minimum absolute atomic E-state index is 0.0459. The second-order valence-electron chi connectivity index (χ2n) is 6.97. The molecule has 1 aliphatic heterocycles. The van der Waals surface area contributed by atoms with E-state index in [1.165, 1.54) is 23.1 Å². The van der Waals surface area contributed by atoms with Gasteiger partial charge in [0.05, 0.1) is 11.3 Å². The normalized spacial score (nSPS) is 12.7. The Balaban J connectivity index is 1.39. The summed E-state index contributed by atoms with van der Waals surface area (Å²) in [4.78, 5) is 25.4. The van der Waals surface area contributed by atoms with Crippen LogP contribution in [0.4, 0.5) is 5.69 Å². The van der Waals surface area contributed by atoms with E-state index in [2.05, 4.69) is 22.4 Å². The number of amides is 1. The van der Waals surface area contributed by atoms with Crippen LogP contribution in [0.1, 0.15) is 19.8 Å². The van der Waals surface area contributed by atoms with Gasteiger partial charge in [0.15, 0.2) is 16.7 Å². The van der Waals surface area contributed by atoms with Gasteiger partial charge >= 0.3 is 0 Å². The molecule has 4 heterocycles. The third kappa shape index (κ3) is 3.63. The third-order valence-corrected chi connectivity index (χ3v) is 6.73. The van der Waals surface area contributed by atoms with Gasteiger partial charge < -0.3 is 14.8 Å². The third-order valence-electron chi connectivity index (χ3n) is 4.91. The molecule has 160 valence electrons. The van der Waals surface area contributed by atoms with Gasteiger partial charge in [-0.15, -0.1) is 21.5 Å². The summed E-state index contributed by atoms with van der Waals surface area (Å²) in [5.74, 6) is 1.74. The molecule has 0 spiro atoms. The molecule has 11 heteroatoms. The van der Waals surface area contributed by atoms with Crippen molar-refractivity contribution >= 4 is 50.7 Å². The molecule has 1 N–H and O–H groups in total. The molecule has 0 radical (unpaired) electrons. The Hall–Kier alpha value is -3.05. The number of rotatable bonds is 7. The lowest BCUT2D eigenvalue weighted by atomic mass is 10.3. The molecule has 0 saturated heterocycles. The Morgan fingerprint density at radius 1 is 1.26 bits per heavy atom. The van der Waals surface area contributed by atoms with E-state index in [4.69, 9.17) is 9.47 Å². The summed E-state index contributed by atoms with van der Waals surface area (Å²) in [7, 11) is 0. The topological polar surface area (TPSA) is 99.8 Å². The van der Waals surface area contributed by atoms with Crippen LogP contribution in [-0.2, 0) is 11.3 Å². The number of carbonyl (C=O) groups is 1. The van der Waals surface area contributed by atoms with Gasteiger partial charge in [0, 0.05) is 18.3 Å². The SMILES string of the molecule is CCCCn1c(=O)c2sccc2n2c(SCC(=O)Nc3ccc4c(c3)OCO4)nnc12. The van der Waals surface area contributed by atoms with E-state index in [9.17, 15) is 9.59 Å². The van der Waals surface area contributed by atoms with Crippen LogP contribution in [0.3, 0.4) is 0 Å². The number of nitrogens with one attached hydrogen (secondary N) is 1. The first-order chi connectivity index (χ1) is 15.2. The fourth-order valence-electron chi connectivity index (χ4n) is 3.41. The molecular formula is C20H19N5O4S2. The van der Waals surface area contributed by atoms with Crippen LogP contribution in [0.5, 0.6) is 11.5 Å². The highest BCUT2D eigenvalue weighted by Gasteiger charge is 2.19. The lowest BCUT2D eigenvalue weighted by molar-refractivity contribution is -0.113. The minimum Gasteiger partial charge on any atom is -0.454 e. The number of thioether (sulfide) groups is 1. The van der Waals surface area contributed by atoms with E-state index in [-0.39, 0.29) is 24.0 Å². The number of unbranched alkanes of at least 4 members (excludes halogenated alkanes) is 1. The first kappa shape index (κ1) is 19.9. The number of ether oxygens (including phenoxy) is 2. The summed E-state index contributed by atoms with van der Waals surface area (Å²) < 4.78 is 14.8. The molecule has 9 nitrogen and oxygen atoms in total. The number of aromatic nitrogens is 4. The van der Waals surface area contributed by atoms with E-state index in [0.29, 0.717) is 39.4 Å². The van der Waals surface area contributed by atoms with E-state index in [0.717, 1.165) is 18.4 Å². The van der Waals surface area contributed by atoms with Gasteiger partial charge in [-0.25, -0.2) is 0 Å². The maximum absolute atomic E-state index is 12.9. The number of hydrogen-bond acceptors (Lipinski definition) is 8.